The van der Waals surface area contributed by atoms with Gasteiger partial charge in [0.15, 0.2) is 0 Å². The number of hydrogen-bond donors (Lipinski definition) is 0. The number of nitroso groups, excluding NO2 is 1. The summed E-state index contributed by atoms with van der Waals surface area (Å²) in [5.41, 5.74) is -1.69. The fourth-order valence-electron chi connectivity index (χ4n) is 1.31. The number of carbonyl (C=O) groups excluding carboxylic acids is 1. The van der Waals surface area contributed by atoms with Crippen LogP contribution in [-0.2, 0) is 14.3 Å². The van der Waals surface area contributed by atoms with Crippen LogP contribution in [0.2, 0.25) is 0 Å². The molecule has 0 atom stereocenters. The van der Waals surface area contributed by atoms with Crippen LogP contribution >= 0.6 is 0 Å². The lowest BCUT2D eigenvalue weighted by atomic mass is 10.1. The van der Waals surface area contributed by atoms with E-state index in [4.69, 9.17) is 4.74 Å². The average molecular weight is 241 g/mol. The van der Waals surface area contributed by atoms with Gasteiger partial charge in [-0.3, -0.25) is 4.79 Å². The van der Waals surface area contributed by atoms with Gasteiger partial charge in [-0.25, -0.2) is 0 Å². The number of carbonyl (C=O) groups is 1. The van der Waals surface area contributed by atoms with Crippen LogP contribution in [0, 0.1) is 4.91 Å². The predicted molar refractivity (Wildman–Crippen MR) is 45.3 cm³/mol. The summed E-state index contributed by atoms with van der Waals surface area (Å²) in [6, 6.07) is 0. The number of rotatable bonds is 3. The lowest BCUT2D eigenvalue weighted by Gasteiger charge is -2.29. The van der Waals surface area contributed by atoms with Gasteiger partial charge < -0.3 is 9.47 Å². The van der Waals surface area contributed by atoms with E-state index < -0.39 is 24.3 Å². The molecule has 0 aromatic heterocycles. The van der Waals surface area contributed by atoms with Gasteiger partial charge in [-0.05, 0) is 5.18 Å². The molecule has 0 bridgehead atoms. The molecule has 92 valence electrons. The Balaban J connectivity index is 2.56. The van der Waals surface area contributed by atoms with Crippen molar-refractivity contribution >= 4 is 5.97 Å². The molecule has 0 saturated carbocycles. The van der Waals surface area contributed by atoms with Crippen molar-refractivity contribution in [2.24, 2.45) is 5.18 Å². The third kappa shape index (κ3) is 3.76. The highest BCUT2D eigenvalue weighted by Crippen LogP contribution is 2.29. The Morgan fingerprint density at radius 3 is 2.38 bits per heavy atom. The molecular weight excluding hydrogens is 231 g/mol. The molecule has 0 aromatic carbocycles. The molecule has 0 radical (unpaired) electrons. The first kappa shape index (κ1) is 12.9. The smallest absolute Gasteiger partial charge is 0.399 e. The molecule has 0 amide bonds. The van der Waals surface area contributed by atoms with Crippen molar-refractivity contribution in [2.45, 2.75) is 31.2 Å². The van der Waals surface area contributed by atoms with E-state index in [1.165, 1.54) is 0 Å². The van der Waals surface area contributed by atoms with Gasteiger partial charge in [-0.2, -0.15) is 13.2 Å². The van der Waals surface area contributed by atoms with Crippen molar-refractivity contribution in [3.8, 4) is 0 Å². The maximum atomic E-state index is 11.9. The lowest BCUT2D eigenvalue weighted by molar-refractivity contribution is -0.189. The summed E-state index contributed by atoms with van der Waals surface area (Å²) in [7, 11) is 0. The monoisotopic (exact) mass is 241 g/mol. The van der Waals surface area contributed by atoms with Gasteiger partial charge in [-0.15, -0.1) is 4.91 Å². The summed E-state index contributed by atoms with van der Waals surface area (Å²) in [6.07, 6.45) is -6.39. The highest BCUT2D eigenvalue weighted by atomic mass is 19.4. The molecule has 1 saturated heterocycles. The molecule has 0 N–H and O–H groups in total. The Kier molecular flexibility index (Phi) is 3.84. The summed E-state index contributed by atoms with van der Waals surface area (Å²) in [5, 5.41) is 2.61. The van der Waals surface area contributed by atoms with Gasteiger partial charge in [0.1, 0.15) is 6.42 Å². The molecule has 0 spiro atoms. The standard InChI is InChI=1S/C8H10F3NO4/c9-8(10,11)5-6(13)16-7(12-14)1-3-15-4-2-7/h1-5H2. The summed E-state index contributed by atoms with van der Waals surface area (Å²) >= 11 is 0. The van der Waals surface area contributed by atoms with Crippen LogP contribution in [0.3, 0.4) is 0 Å². The topological polar surface area (TPSA) is 65.0 Å². The molecule has 1 aliphatic rings. The number of halogens is 3. The molecule has 0 aromatic rings. The number of alkyl halides is 3. The van der Waals surface area contributed by atoms with Crippen LogP contribution in [-0.4, -0.2) is 31.1 Å². The Morgan fingerprint density at radius 2 is 1.94 bits per heavy atom. The van der Waals surface area contributed by atoms with Crippen molar-refractivity contribution in [2.75, 3.05) is 13.2 Å². The fourth-order valence-corrected chi connectivity index (χ4v) is 1.31. The first-order valence-corrected chi connectivity index (χ1v) is 4.58. The van der Waals surface area contributed by atoms with Crippen molar-refractivity contribution in [1.29, 1.82) is 0 Å². The zero-order valence-corrected chi connectivity index (χ0v) is 8.25. The minimum Gasteiger partial charge on any atom is -0.433 e. The second kappa shape index (κ2) is 4.77. The number of hydrogen-bond acceptors (Lipinski definition) is 5. The van der Waals surface area contributed by atoms with E-state index in [0.29, 0.717) is 0 Å². The van der Waals surface area contributed by atoms with Gasteiger partial charge in [0.25, 0.3) is 0 Å². The van der Waals surface area contributed by atoms with E-state index in [1.807, 2.05) is 0 Å². The minimum absolute atomic E-state index is 0.0138. The zero-order valence-electron chi connectivity index (χ0n) is 8.25. The summed E-state index contributed by atoms with van der Waals surface area (Å²) in [6.45, 7) is 0.260. The second-order valence-corrected chi connectivity index (χ2v) is 3.42. The summed E-state index contributed by atoms with van der Waals surface area (Å²) < 4.78 is 44.9. The molecule has 5 nitrogen and oxygen atoms in total. The van der Waals surface area contributed by atoms with E-state index in [0.717, 1.165) is 0 Å². The van der Waals surface area contributed by atoms with E-state index in [-0.39, 0.29) is 26.1 Å². The van der Waals surface area contributed by atoms with Crippen molar-refractivity contribution in [1.82, 2.24) is 0 Å². The minimum atomic E-state index is -4.65. The Bertz CT molecular complexity index is 273. The quantitative estimate of drug-likeness (QED) is 0.557. The van der Waals surface area contributed by atoms with Gasteiger partial charge in [0, 0.05) is 12.8 Å². The molecule has 0 aliphatic carbocycles. The van der Waals surface area contributed by atoms with E-state index in [2.05, 4.69) is 9.91 Å². The average Bonchev–Trinajstić information content (AvgIpc) is 2.16. The maximum absolute atomic E-state index is 11.9. The Labute approximate surface area is 88.9 Å². The number of ether oxygens (including phenoxy) is 2. The molecule has 1 heterocycles. The summed E-state index contributed by atoms with van der Waals surface area (Å²) in [5.74, 6) is -1.49. The fraction of sp³-hybridized carbons (Fsp3) is 0.875. The first-order chi connectivity index (χ1) is 7.37. The van der Waals surface area contributed by atoms with E-state index >= 15 is 0 Å². The SMILES string of the molecule is O=NC1(OC(=O)CC(F)(F)F)CCOCC1. The van der Waals surface area contributed by atoms with Crippen molar-refractivity contribution in [3.05, 3.63) is 4.91 Å². The predicted octanol–water partition coefficient (Wildman–Crippen LogP) is 1.76. The van der Waals surface area contributed by atoms with Crippen LogP contribution in [0.5, 0.6) is 0 Å². The first-order valence-electron chi connectivity index (χ1n) is 4.58. The van der Waals surface area contributed by atoms with Gasteiger partial charge >= 0.3 is 12.1 Å². The molecule has 8 heteroatoms. The lowest BCUT2D eigenvalue weighted by Crippen LogP contribution is -2.39. The van der Waals surface area contributed by atoms with E-state index in [1.54, 1.807) is 0 Å². The van der Waals surface area contributed by atoms with Crippen LogP contribution < -0.4 is 0 Å². The van der Waals surface area contributed by atoms with Gasteiger partial charge in [0.2, 0.25) is 5.72 Å². The van der Waals surface area contributed by atoms with Gasteiger partial charge in [0.05, 0.1) is 13.2 Å². The van der Waals surface area contributed by atoms with Crippen LogP contribution in [0.1, 0.15) is 19.3 Å². The van der Waals surface area contributed by atoms with Crippen LogP contribution in [0.15, 0.2) is 5.18 Å². The largest absolute Gasteiger partial charge is 0.433 e. The van der Waals surface area contributed by atoms with Crippen molar-refractivity contribution in [3.63, 3.8) is 0 Å². The van der Waals surface area contributed by atoms with Crippen molar-refractivity contribution < 1.29 is 27.4 Å². The number of esters is 1. The highest BCUT2D eigenvalue weighted by Gasteiger charge is 2.41. The normalized spacial score (nSPS) is 20.2. The van der Waals surface area contributed by atoms with Crippen LogP contribution in [0.25, 0.3) is 0 Å². The zero-order chi connectivity index (χ0) is 12.2. The molecule has 0 unspecified atom stereocenters. The summed E-state index contributed by atoms with van der Waals surface area (Å²) in [4.78, 5) is 21.4. The molecule has 1 fully saturated rings. The Morgan fingerprint density at radius 1 is 1.38 bits per heavy atom. The van der Waals surface area contributed by atoms with Crippen LogP contribution in [0.4, 0.5) is 13.2 Å². The van der Waals surface area contributed by atoms with Gasteiger partial charge in [-0.1, -0.05) is 0 Å². The second-order valence-electron chi connectivity index (χ2n) is 3.42. The molecular formula is C8H10F3NO4. The maximum Gasteiger partial charge on any atom is 0.399 e. The third-order valence-electron chi connectivity index (χ3n) is 2.09. The highest BCUT2D eigenvalue weighted by molar-refractivity contribution is 5.70. The molecule has 16 heavy (non-hydrogen) atoms. The number of nitrogens with zero attached hydrogens (tertiary/aromatic N) is 1. The molecule has 1 aliphatic heterocycles. The van der Waals surface area contributed by atoms with E-state index in [9.17, 15) is 22.9 Å². The Hall–Kier alpha value is -1.18. The third-order valence-corrected chi connectivity index (χ3v) is 2.09. The molecule has 1 rings (SSSR count).